The van der Waals surface area contributed by atoms with Crippen molar-refractivity contribution in [1.82, 2.24) is 9.78 Å². The molecule has 126 valence electrons. The zero-order chi connectivity index (χ0) is 17.4. The average Bonchev–Trinajstić information content (AvgIpc) is 3.06. The first-order valence-electron chi connectivity index (χ1n) is 8.00. The molecule has 0 spiro atoms. The summed E-state index contributed by atoms with van der Waals surface area (Å²) in [5.74, 6) is -0.123. The predicted molar refractivity (Wildman–Crippen MR) is 93.0 cm³/mol. The summed E-state index contributed by atoms with van der Waals surface area (Å²) in [7, 11) is -0.399. The van der Waals surface area contributed by atoms with Crippen LogP contribution in [-0.2, 0) is 20.6 Å². The molecule has 1 saturated heterocycles. The lowest BCUT2D eigenvalue weighted by molar-refractivity contribution is -0.116. The summed E-state index contributed by atoms with van der Waals surface area (Å²) in [5.41, 5.74) is 0.925. The van der Waals surface area contributed by atoms with E-state index < -0.39 is 7.12 Å². The van der Waals surface area contributed by atoms with Gasteiger partial charge in [0, 0.05) is 18.1 Å². The van der Waals surface area contributed by atoms with E-state index in [-0.39, 0.29) is 23.7 Å². The lowest BCUT2D eigenvalue weighted by Crippen LogP contribution is -2.41. The fourth-order valence-electron chi connectivity index (χ4n) is 2.44. The van der Waals surface area contributed by atoms with Gasteiger partial charge in [-0.2, -0.15) is 5.10 Å². The highest BCUT2D eigenvalue weighted by atomic mass is 16.7. The molecule has 1 aromatic carbocycles. The minimum absolute atomic E-state index is 0.123. The third-order valence-corrected chi connectivity index (χ3v) is 4.58. The van der Waals surface area contributed by atoms with Crippen LogP contribution in [0.15, 0.2) is 42.7 Å². The Bertz CT molecular complexity index is 695. The van der Waals surface area contributed by atoms with Gasteiger partial charge in [0.15, 0.2) is 0 Å². The van der Waals surface area contributed by atoms with Crippen molar-refractivity contribution in [1.29, 1.82) is 0 Å². The number of amides is 1. The van der Waals surface area contributed by atoms with Crippen molar-refractivity contribution in [3.05, 3.63) is 42.7 Å². The maximum absolute atomic E-state index is 12.0. The Balaban J connectivity index is 1.63. The molecule has 0 atom stereocenters. The topological polar surface area (TPSA) is 65.4 Å². The van der Waals surface area contributed by atoms with Crippen LogP contribution in [0, 0.1) is 0 Å². The summed E-state index contributed by atoms with van der Waals surface area (Å²) < 4.78 is 13.6. The summed E-state index contributed by atoms with van der Waals surface area (Å²) in [6.45, 7) is 8.29. The first kappa shape index (κ1) is 16.7. The van der Waals surface area contributed by atoms with Crippen LogP contribution in [0.5, 0.6) is 0 Å². The fraction of sp³-hybridized carbons (Fsp3) is 0.412. The molecule has 2 aromatic rings. The zero-order valence-corrected chi connectivity index (χ0v) is 14.4. The van der Waals surface area contributed by atoms with Crippen LogP contribution >= 0.6 is 0 Å². The van der Waals surface area contributed by atoms with E-state index in [1.54, 1.807) is 23.1 Å². The molecule has 1 fully saturated rings. The van der Waals surface area contributed by atoms with E-state index in [9.17, 15) is 4.79 Å². The summed E-state index contributed by atoms with van der Waals surface area (Å²) in [6, 6.07) is 9.30. The standard InChI is InChI=1S/C17H22BN3O3/c1-16(2)17(3,4)24-18(23-16)13-6-8-14(9-7-13)20-15(22)12-21-11-5-10-19-21/h5-11H,12H2,1-4H3,(H,20,22). The number of nitrogens with one attached hydrogen (secondary N) is 1. The lowest BCUT2D eigenvalue weighted by Gasteiger charge is -2.32. The monoisotopic (exact) mass is 327 g/mol. The van der Waals surface area contributed by atoms with Crippen molar-refractivity contribution >= 4 is 24.2 Å². The van der Waals surface area contributed by atoms with Gasteiger partial charge in [-0.3, -0.25) is 9.48 Å². The number of benzene rings is 1. The van der Waals surface area contributed by atoms with Crippen LogP contribution in [-0.4, -0.2) is 34.0 Å². The molecule has 0 unspecified atom stereocenters. The highest BCUT2D eigenvalue weighted by molar-refractivity contribution is 6.62. The van der Waals surface area contributed by atoms with Gasteiger partial charge in [-0.25, -0.2) is 0 Å². The number of nitrogens with zero attached hydrogens (tertiary/aromatic N) is 2. The smallest absolute Gasteiger partial charge is 0.399 e. The Labute approximate surface area is 142 Å². The zero-order valence-electron chi connectivity index (χ0n) is 14.4. The average molecular weight is 327 g/mol. The molecule has 1 aromatic heterocycles. The second-order valence-electron chi connectivity index (χ2n) is 6.96. The van der Waals surface area contributed by atoms with Crippen LogP contribution in [0.2, 0.25) is 0 Å². The van der Waals surface area contributed by atoms with E-state index in [0.717, 1.165) is 11.2 Å². The second-order valence-corrected chi connectivity index (χ2v) is 6.96. The van der Waals surface area contributed by atoms with E-state index in [1.165, 1.54) is 0 Å². The van der Waals surface area contributed by atoms with Gasteiger partial charge in [-0.1, -0.05) is 12.1 Å². The maximum Gasteiger partial charge on any atom is 0.494 e. The fourth-order valence-corrected chi connectivity index (χ4v) is 2.44. The van der Waals surface area contributed by atoms with Crippen molar-refractivity contribution in [2.24, 2.45) is 0 Å². The molecule has 1 amide bonds. The molecule has 1 aliphatic rings. The minimum atomic E-state index is -0.399. The molecule has 1 aliphatic heterocycles. The SMILES string of the molecule is CC1(C)OB(c2ccc(NC(=O)Cn3cccn3)cc2)OC1(C)C. The van der Waals surface area contributed by atoms with Crippen molar-refractivity contribution in [3.8, 4) is 0 Å². The van der Waals surface area contributed by atoms with Crippen molar-refractivity contribution in [2.45, 2.75) is 45.4 Å². The molecule has 1 N–H and O–H groups in total. The molecule has 24 heavy (non-hydrogen) atoms. The van der Waals surface area contributed by atoms with E-state index in [4.69, 9.17) is 9.31 Å². The Morgan fingerprint density at radius 3 is 2.33 bits per heavy atom. The molecular formula is C17H22BN3O3. The number of anilines is 1. The molecule has 3 rings (SSSR count). The number of rotatable bonds is 4. The molecule has 0 bridgehead atoms. The van der Waals surface area contributed by atoms with Gasteiger partial charge in [0.1, 0.15) is 6.54 Å². The van der Waals surface area contributed by atoms with E-state index in [0.29, 0.717) is 0 Å². The van der Waals surface area contributed by atoms with Crippen LogP contribution in [0.1, 0.15) is 27.7 Å². The Morgan fingerprint density at radius 1 is 1.17 bits per heavy atom. The van der Waals surface area contributed by atoms with Gasteiger partial charge in [-0.15, -0.1) is 0 Å². The highest BCUT2D eigenvalue weighted by Gasteiger charge is 2.51. The largest absolute Gasteiger partial charge is 0.494 e. The Hall–Kier alpha value is -2.12. The van der Waals surface area contributed by atoms with E-state index in [2.05, 4.69) is 10.4 Å². The number of carbonyl (C=O) groups is 1. The van der Waals surface area contributed by atoms with Crippen LogP contribution in [0.4, 0.5) is 5.69 Å². The third kappa shape index (κ3) is 3.37. The van der Waals surface area contributed by atoms with Crippen molar-refractivity contribution in [3.63, 3.8) is 0 Å². The summed E-state index contributed by atoms with van der Waals surface area (Å²) >= 11 is 0. The molecule has 7 heteroatoms. The van der Waals surface area contributed by atoms with E-state index >= 15 is 0 Å². The number of hydrogen-bond acceptors (Lipinski definition) is 4. The van der Waals surface area contributed by atoms with Gasteiger partial charge < -0.3 is 14.6 Å². The summed E-state index contributed by atoms with van der Waals surface area (Å²) in [6.07, 6.45) is 3.40. The lowest BCUT2D eigenvalue weighted by atomic mass is 9.79. The predicted octanol–water partition coefficient (Wildman–Crippen LogP) is 1.82. The molecular weight excluding hydrogens is 305 g/mol. The maximum atomic E-state index is 12.0. The second kappa shape index (κ2) is 6.07. The van der Waals surface area contributed by atoms with Crippen LogP contribution < -0.4 is 10.8 Å². The van der Waals surface area contributed by atoms with Gasteiger partial charge in [-0.05, 0) is 51.4 Å². The van der Waals surface area contributed by atoms with Crippen LogP contribution in [0.3, 0.4) is 0 Å². The molecule has 0 radical (unpaired) electrons. The molecule has 0 saturated carbocycles. The van der Waals surface area contributed by atoms with E-state index in [1.807, 2.05) is 52.0 Å². The quantitative estimate of drug-likeness (QED) is 0.870. The number of aromatic nitrogens is 2. The first-order chi connectivity index (χ1) is 11.3. The Kier molecular flexibility index (Phi) is 4.23. The van der Waals surface area contributed by atoms with Crippen molar-refractivity contribution in [2.75, 3.05) is 5.32 Å². The van der Waals surface area contributed by atoms with Gasteiger partial charge in [0.25, 0.3) is 0 Å². The minimum Gasteiger partial charge on any atom is -0.399 e. The van der Waals surface area contributed by atoms with Gasteiger partial charge >= 0.3 is 7.12 Å². The number of hydrogen-bond donors (Lipinski definition) is 1. The normalized spacial score (nSPS) is 18.6. The third-order valence-electron chi connectivity index (χ3n) is 4.58. The Morgan fingerprint density at radius 2 is 1.79 bits per heavy atom. The molecule has 6 nitrogen and oxygen atoms in total. The van der Waals surface area contributed by atoms with Gasteiger partial charge in [0.05, 0.1) is 11.2 Å². The van der Waals surface area contributed by atoms with Crippen LogP contribution in [0.25, 0.3) is 0 Å². The first-order valence-corrected chi connectivity index (χ1v) is 8.00. The molecule has 0 aliphatic carbocycles. The highest BCUT2D eigenvalue weighted by Crippen LogP contribution is 2.36. The van der Waals surface area contributed by atoms with Gasteiger partial charge in [0.2, 0.25) is 5.91 Å². The number of carbonyl (C=O) groups excluding carboxylic acids is 1. The van der Waals surface area contributed by atoms with Crippen molar-refractivity contribution < 1.29 is 14.1 Å². The summed E-state index contributed by atoms with van der Waals surface area (Å²) in [5, 5.41) is 6.86. The summed E-state index contributed by atoms with van der Waals surface area (Å²) in [4.78, 5) is 12.0. The molecule has 2 heterocycles.